The van der Waals surface area contributed by atoms with Crippen LogP contribution in [0.2, 0.25) is 0 Å². The maximum absolute atomic E-state index is 14.0. The number of para-hydroxylation sites is 1. The van der Waals surface area contributed by atoms with Gasteiger partial charge in [0.25, 0.3) is 0 Å². The smallest absolute Gasteiger partial charge is 0.166 e. The van der Waals surface area contributed by atoms with Crippen molar-refractivity contribution in [2.45, 2.75) is 25.5 Å². The Hall–Kier alpha value is -2.01. The molecule has 0 aliphatic carbocycles. The van der Waals surface area contributed by atoms with Crippen LogP contribution in [0.15, 0.2) is 52.9 Å². The van der Waals surface area contributed by atoms with Crippen LogP contribution in [0.4, 0.5) is 4.39 Å². The molecule has 0 saturated heterocycles. The lowest BCUT2D eigenvalue weighted by molar-refractivity contribution is 0.442. The first-order valence-electron chi connectivity index (χ1n) is 6.85. The average Bonchev–Trinajstić information content (AvgIpc) is 2.47. The predicted molar refractivity (Wildman–Crippen MR) is 88.4 cm³/mol. The zero-order chi connectivity index (χ0) is 16.2. The summed E-state index contributed by atoms with van der Waals surface area (Å²) in [7, 11) is -1.37. The fourth-order valence-electron chi connectivity index (χ4n) is 1.56. The fourth-order valence-corrected chi connectivity index (χ4v) is 2.10. The van der Waals surface area contributed by atoms with Crippen LogP contribution in [-0.2, 0) is 11.0 Å². The molecule has 0 radical (unpaired) electrons. The molecule has 2 aromatic carbocycles. The zero-order valence-corrected chi connectivity index (χ0v) is 13.6. The lowest BCUT2D eigenvalue weighted by Crippen LogP contribution is -2.19. The van der Waals surface area contributed by atoms with E-state index in [0.29, 0.717) is 11.3 Å². The van der Waals surface area contributed by atoms with Gasteiger partial charge in [-0.15, -0.1) is 0 Å². The van der Waals surface area contributed by atoms with Gasteiger partial charge in [0.15, 0.2) is 11.6 Å². The summed E-state index contributed by atoms with van der Waals surface area (Å²) in [5.74, 6) is 0.214. The molecule has 0 saturated carbocycles. The highest BCUT2D eigenvalue weighted by Gasteiger charge is 2.18. The van der Waals surface area contributed by atoms with Crippen molar-refractivity contribution in [2.24, 2.45) is 4.40 Å². The number of hydrogen-bond acceptors (Lipinski definition) is 2. The van der Waals surface area contributed by atoms with Gasteiger partial charge in [0.05, 0.1) is 4.75 Å². The van der Waals surface area contributed by atoms with Crippen LogP contribution in [-0.4, -0.2) is 15.2 Å². The summed E-state index contributed by atoms with van der Waals surface area (Å²) < 4.78 is 34.8. The standard InChI is InChI=1S/C17H18FNO2S/c1-17(2,3)22(20)19-12-13-9-10-16(15(18)11-13)21-14-7-5-4-6-8-14/h4-12H,1-3H3/b19-12+/t22-/m1/s1. The molecule has 0 unspecified atom stereocenters. The van der Waals surface area contributed by atoms with E-state index in [-0.39, 0.29) is 5.75 Å². The molecule has 0 heterocycles. The van der Waals surface area contributed by atoms with Gasteiger partial charge < -0.3 is 4.74 Å². The first kappa shape index (κ1) is 16.4. The van der Waals surface area contributed by atoms with E-state index < -0.39 is 21.5 Å². The summed E-state index contributed by atoms with van der Waals surface area (Å²) in [6.07, 6.45) is 1.41. The quantitative estimate of drug-likeness (QED) is 0.778. The van der Waals surface area contributed by atoms with E-state index in [1.807, 2.05) is 39.0 Å². The van der Waals surface area contributed by atoms with Crippen LogP contribution in [0.5, 0.6) is 11.5 Å². The van der Waals surface area contributed by atoms with Gasteiger partial charge in [0.2, 0.25) is 0 Å². The third-order valence-electron chi connectivity index (χ3n) is 2.75. The van der Waals surface area contributed by atoms with Gasteiger partial charge in [0.1, 0.15) is 16.7 Å². The molecule has 116 valence electrons. The molecular weight excluding hydrogens is 301 g/mol. The van der Waals surface area contributed by atoms with Gasteiger partial charge in [-0.2, -0.15) is 4.40 Å². The maximum atomic E-state index is 14.0. The summed E-state index contributed by atoms with van der Waals surface area (Å²) in [6.45, 7) is 5.49. The van der Waals surface area contributed by atoms with Crippen LogP contribution >= 0.6 is 0 Å². The SMILES string of the molecule is CC(C)(C)[S@@](=O)/N=C/c1ccc(Oc2ccccc2)c(F)c1. The molecule has 0 aliphatic rings. The maximum Gasteiger partial charge on any atom is 0.166 e. The van der Waals surface area contributed by atoms with E-state index in [2.05, 4.69) is 4.40 Å². The Balaban J connectivity index is 2.13. The van der Waals surface area contributed by atoms with Crippen molar-refractivity contribution in [3.8, 4) is 11.5 Å². The van der Waals surface area contributed by atoms with Gasteiger partial charge >= 0.3 is 0 Å². The minimum Gasteiger partial charge on any atom is -0.454 e. The Morgan fingerprint density at radius 1 is 1.14 bits per heavy atom. The second kappa shape index (κ2) is 6.83. The van der Waals surface area contributed by atoms with E-state index >= 15 is 0 Å². The molecule has 1 atom stereocenters. The van der Waals surface area contributed by atoms with E-state index in [1.165, 1.54) is 18.3 Å². The van der Waals surface area contributed by atoms with Crippen molar-refractivity contribution in [2.75, 3.05) is 0 Å². The molecule has 0 aromatic heterocycles. The minimum absolute atomic E-state index is 0.139. The minimum atomic E-state index is -1.37. The topological polar surface area (TPSA) is 38.7 Å². The van der Waals surface area contributed by atoms with Gasteiger partial charge in [-0.1, -0.05) is 18.2 Å². The number of nitrogens with zero attached hydrogens (tertiary/aromatic N) is 1. The Labute approximate surface area is 132 Å². The summed E-state index contributed by atoms with van der Waals surface area (Å²) in [5.41, 5.74) is 0.538. The van der Waals surface area contributed by atoms with E-state index in [4.69, 9.17) is 4.74 Å². The molecule has 3 nitrogen and oxygen atoms in total. The van der Waals surface area contributed by atoms with E-state index in [1.54, 1.807) is 18.2 Å². The summed E-state index contributed by atoms with van der Waals surface area (Å²) in [6, 6.07) is 13.5. The molecular formula is C17H18FNO2S. The van der Waals surface area contributed by atoms with Crippen LogP contribution < -0.4 is 4.74 Å². The summed E-state index contributed by atoms with van der Waals surface area (Å²) >= 11 is 0. The highest BCUT2D eigenvalue weighted by Crippen LogP contribution is 2.24. The van der Waals surface area contributed by atoms with Crippen LogP contribution in [0.1, 0.15) is 26.3 Å². The monoisotopic (exact) mass is 319 g/mol. The third-order valence-corrected chi connectivity index (χ3v) is 4.09. The lowest BCUT2D eigenvalue weighted by atomic mass is 10.2. The number of ether oxygens (including phenoxy) is 1. The zero-order valence-electron chi connectivity index (χ0n) is 12.7. The van der Waals surface area contributed by atoms with Gasteiger partial charge in [-0.25, -0.2) is 8.60 Å². The Morgan fingerprint density at radius 2 is 1.82 bits per heavy atom. The first-order chi connectivity index (χ1) is 10.4. The van der Waals surface area contributed by atoms with Gasteiger partial charge in [-0.3, -0.25) is 0 Å². The summed E-state index contributed by atoms with van der Waals surface area (Å²) in [4.78, 5) is 0. The Morgan fingerprint density at radius 3 is 2.41 bits per heavy atom. The number of halogens is 1. The van der Waals surface area contributed by atoms with Crippen molar-refractivity contribution in [1.29, 1.82) is 0 Å². The van der Waals surface area contributed by atoms with Crippen molar-refractivity contribution in [3.05, 3.63) is 59.9 Å². The average molecular weight is 319 g/mol. The van der Waals surface area contributed by atoms with E-state index in [0.717, 1.165) is 0 Å². The van der Waals surface area contributed by atoms with Crippen molar-refractivity contribution < 1.29 is 13.3 Å². The molecule has 0 N–H and O–H groups in total. The molecule has 0 bridgehead atoms. The molecule has 2 aromatic rings. The predicted octanol–water partition coefficient (Wildman–Crippen LogP) is 4.50. The molecule has 0 amide bonds. The second-order valence-electron chi connectivity index (χ2n) is 5.70. The van der Waals surface area contributed by atoms with Gasteiger partial charge in [0, 0.05) is 6.21 Å². The van der Waals surface area contributed by atoms with Crippen molar-refractivity contribution >= 4 is 17.2 Å². The third kappa shape index (κ3) is 4.49. The molecule has 5 heteroatoms. The van der Waals surface area contributed by atoms with Crippen LogP contribution in [0.25, 0.3) is 0 Å². The second-order valence-corrected chi connectivity index (χ2v) is 7.63. The van der Waals surface area contributed by atoms with Crippen LogP contribution in [0.3, 0.4) is 0 Å². The largest absolute Gasteiger partial charge is 0.454 e. The Kier molecular flexibility index (Phi) is 5.08. The van der Waals surface area contributed by atoms with Crippen LogP contribution in [0, 0.1) is 5.82 Å². The van der Waals surface area contributed by atoms with Crippen molar-refractivity contribution in [3.63, 3.8) is 0 Å². The molecule has 2 rings (SSSR count). The normalized spacial score (nSPS) is 13.3. The highest BCUT2D eigenvalue weighted by atomic mass is 32.2. The highest BCUT2D eigenvalue weighted by molar-refractivity contribution is 7.85. The number of benzene rings is 2. The summed E-state index contributed by atoms with van der Waals surface area (Å²) in [5, 5.41) is 0. The molecule has 0 aliphatic heterocycles. The number of hydrogen-bond donors (Lipinski definition) is 0. The Bertz CT molecular complexity index is 694. The van der Waals surface area contributed by atoms with Gasteiger partial charge in [-0.05, 0) is 56.7 Å². The van der Waals surface area contributed by atoms with E-state index in [9.17, 15) is 8.60 Å². The lowest BCUT2D eigenvalue weighted by Gasteiger charge is -2.12. The molecule has 0 fully saturated rings. The fraction of sp³-hybridized carbons (Fsp3) is 0.235. The first-order valence-corrected chi connectivity index (χ1v) is 7.95. The number of rotatable bonds is 4. The van der Waals surface area contributed by atoms with Crippen molar-refractivity contribution in [1.82, 2.24) is 0 Å². The molecule has 0 spiro atoms. The molecule has 22 heavy (non-hydrogen) atoms.